The van der Waals surface area contributed by atoms with Crippen LogP contribution in [-0.4, -0.2) is 17.1 Å². The topological polar surface area (TPSA) is 98.3 Å². The number of amides is 1. The van der Waals surface area contributed by atoms with Crippen LogP contribution in [-0.2, 0) is 0 Å². The van der Waals surface area contributed by atoms with Crippen LogP contribution in [0.1, 0.15) is 10.4 Å². The predicted octanol–water partition coefficient (Wildman–Crippen LogP) is 3.15. The monoisotopic (exact) mass is 303 g/mol. The molecule has 21 heavy (non-hydrogen) atoms. The van der Waals surface area contributed by atoms with Crippen molar-refractivity contribution in [3.8, 4) is 0 Å². The van der Waals surface area contributed by atoms with E-state index in [1.807, 2.05) is 12.3 Å². The average Bonchev–Trinajstić information content (AvgIpc) is 2.46. The SMILES string of the molecule is CSc1cccc(NC(=O)c2cccc(N)c2[N+](=O)[O-])c1. The molecule has 0 spiro atoms. The molecule has 7 heteroatoms. The van der Waals surface area contributed by atoms with E-state index in [1.165, 1.54) is 30.0 Å². The molecule has 2 aromatic carbocycles. The van der Waals surface area contributed by atoms with Crippen LogP contribution >= 0.6 is 11.8 Å². The Morgan fingerprint density at radius 3 is 2.67 bits per heavy atom. The van der Waals surface area contributed by atoms with Crippen molar-refractivity contribution < 1.29 is 9.72 Å². The summed E-state index contributed by atoms with van der Waals surface area (Å²) in [5, 5.41) is 13.7. The van der Waals surface area contributed by atoms with E-state index in [0.717, 1.165) is 4.90 Å². The number of nitrogens with one attached hydrogen (secondary N) is 1. The fraction of sp³-hybridized carbons (Fsp3) is 0.0714. The van der Waals surface area contributed by atoms with Gasteiger partial charge in [0, 0.05) is 10.6 Å². The number of anilines is 2. The molecule has 0 aliphatic rings. The molecule has 1 amide bonds. The second kappa shape index (κ2) is 6.27. The van der Waals surface area contributed by atoms with Crippen molar-refractivity contribution in [2.24, 2.45) is 0 Å². The molecule has 0 aliphatic carbocycles. The van der Waals surface area contributed by atoms with Gasteiger partial charge in [-0.3, -0.25) is 14.9 Å². The van der Waals surface area contributed by atoms with E-state index >= 15 is 0 Å². The van der Waals surface area contributed by atoms with Gasteiger partial charge >= 0.3 is 5.69 Å². The maximum atomic E-state index is 12.2. The van der Waals surface area contributed by atoms with Crippen molar-refractivity contribution in [2.45, 2.75) is 4.90 Å². The highest BCUT2D eigenvalue weighted by molar-refractivity contribution is 7.98. The number of nitrogen functional groups attached to an aromatic ring is 1. The van der Waals surface area contributed by atoms with Crippen LogP contribution in [0.4, 0.5) is 17.1 Å². The van der Waals surface area contributed by atoms with Gasteiger partial charge in [0.15, 0.2) is 0 Å². The largest absolute Gasteiger partial charge is 0.393 e. The van der Waals surface area contributed by atoms with Crippen LogP contribution in [0.5, 0.6) is 0 Å². The quantitative estimate of drug-likeness (QED) is 0.391. The predicted molar refractivity (Wildman–Crippen MR) is 83.7 cm³/mol. The van der Waals surface area contributed by atoms with Crippen LogP contribution in [0, 0.1) is 10.1 Å². The molecule has 6 nitrogen and oxygen atoms in total. The number of rotatable bonds is 4. The number of nitrogens with zero attached hydrogens (tertiary/aromatic N) is 1. The lowest BCUT2D eigenvalue weighted by Crippen LogP contribution is -2.14. The Morgan fingerprint density at radius 1 is 1.29 bits per heavy atom. The van der Waals surface area contributed by atoms with E-state index < -0.39 is 10.8 Å². The van der Waals surface area contributed by atoms with Gasteiger partial charge in [0.1, 0.15) is 11.3 Å². The summed E-state index contributed by atoms with van der Waals surface area (Å²) in [4.78, 5) is 23.6. The van der Waals surface area contributed by atoms with E-state index in [1.54, 1.807) is 18.2 Å². The highest BCUT2D eigenvalue weighted by atomic mass is 32.2. The van der Waals surface area contributed by atoms with Crippen LogP contribution in [0.15, 0.2) is 47.4 Å². The number of carbonyl (C=O) groups is 1. The second-order valence-electron chi connectivity index (χ2n) is 4.19. The van der Waals surface area contributed by atoms with E-state index in [2.05, 4.69) is 5.32 Å². The third-order valence-corrected chi connectivity index (χ3v) is 3.55. The van der Waals surface area contributed by atoms with Crippen LogP contribution < -0.4 is 11.1 Å². The fourth-order valence-corrected chi connectivity index (χ4v) is 2.31. The number of hydrogen-bond donors (Lipinski definition) is 2. The molecular formula is C14H13N3O3S. The minimum atomic E-state index is -0.650. The smallest absolute Gasteiger partial charge is 0.304 e. The molecule has 2 rings (SSSR count). The Hall–Kier alpha value is -2.54. The van der Waals surface area contributed by atoms with Crippen LogP contribution in [0.3, 0.4) is 0 Å². The van der Waals surface area contributed by atoms with Gasteiger partial charge in [0.05, 0.1) is 4.92 Å². The summed E-state index contributed by atoms with van der Waals surface area (Å²) in [5.74, 6) is -0.563. The van der Waals surface area contributed by atoms with Crippen LogP contribution in [0.2, 0.25) is 0 Å². The first-order chi connectivity index (χ1) is 10.0. The van der Waals surface area contributed by atoms with Gasteiger partial charge in [-0.15, -0.1) is 11.8 Å². The number of thioether (sulfide) groups is 1. The Bertz CT molecular complexity index is 704. The zero-order valence-electron chi connectivity index (χ0n) is 11.2. The molecule has 0 radical (unpaired) electrons. The molecule has 0 saturated heterocycles. The molecular weight excluding hydrogens is 290 g/mol. The van der Waals surface area contributed by atoms with E-state index in [-0.39, 0.29) is 16.9 Å². The van der Waals surface area contributed by atoms with Gasteiger partial charge in [-0.25, -0.2) is 0 Å². The molecule has 3 N–H and O–H groups in total. The fourth-order valence-electron chi connectivity index (χ4n) is 1.85. The molecule has 0 aromatic heterocycles. The van der Waals surface area contributed by atoms with Gasteiger partial charge in [-0.2, -0.15) is 0 Å². The van der Waals surface area contributed by atoms with Crippen molar-refractivity contribution >= 4 is 34.7 Å². The molecule has 0 fully saturated rings. The van der Waals surface area contributed by atoms with Gasteiger partial charge in [-0.05, 0) is 36.6 Å². The van der Waals surface area contributed by atoms with Crippen molar-refractivity contribution in [1.82, 2.24) is 0 Å². The van der Waals surface area contributed by atoms with Crippen molar-refractivity contribution in [3.05, 3.63) is 58.1 Å². The maximum absolute atomic E-state index is 12.2. The zero-order chi connectivity index (χ0) is 15.4. The van der Waals surface area contributed by atoms with Gasteiger partial charge in [0.25, 0.3) is 5.91 Å². The van der Waals surface area contributed by atoms with E-state index in [0.29, 0.717) is 5.69 Å². The normalized spacial score (nSPS) is 10.1. The maximum Gasteiger partial charge on any atom is 0.304 e. The highest BCUT2D eigenvalue weighted by Crippen LogP contribution is 2.27. The third-order valence-electron chi connectivity index (χ3n) is 2.82. The molecule has 0 atom stereocenters. The summed E-state index contributed by atoms with van der Waals surface area (Å²) >= 11 is 1.54. The lowest BCUT2D eigenvalue weighted by molar-refractivity contribution is -0.384. The number of nitro benzene ring substituents is 1. The van der Waals surface area contributed by atoms with E-state index in [4.69, 9.17) is 5.73 Å². The Morgan fingerprint density at radius 2 is 2.00 bits per heavy atom. The van der Waals surface area contributed by atoms with Gasteiger partial charge < -0.3 is 11.1 Å². The lowest BCUT2D eigenvalue weighted by atomic mass is 10.1. The molecule has 0 saturated carbocycles. The molecule has 0 unspecified atom stereocenters. The number of carbonyl (C=O) groups excluding carboxylic acids is 1. The number of nitrogens with two attached hydrogens (primary N) is 1. The highest BCUT2D eigenvalue weighted by Gasteiger charge is 2.23. The zero-order valence-corrected chi connectivity index (χ0v) is 12.0. The van der Waals surface area contributed by atoms with Crippen LogP contribution in [0.25, 0.3) is 0 Å². The molecule has 0 bridgehead atoms. The summed E-state index contributed by atoms with van der Waals surface area (Å²) < 4.78 is 0. The molecule has 0 aliphatic heterocycles. The van der Waals surface area contributed by atoms with Gasteiger partial charge in [0.2, 0.25) is 0 Å². The van der Waals surface area contributed by atoms with Gasteiger partial charge in [-0.1, -0.05) is 12.1 Å². The Kier molecular flexibility index (Phi) is 4.44. The molecule has 2 aromatic rings. The summed E-state index contributed by atoms with van der Waals surface area (Å²) in [5.41, 5.74) is 5.67. The summed E-state index contributed by atoms with van der Waals surface area (Å²) in [6.45, 7) is 0. The number of benzene rings is 2. The minimum absolute atomic E-state index is 0.0366. The first kappa shape index (κ1) is 14.9. The molecule has 0 heterocycles. The number of nitro groups is 1. The lowest BCUT2D eigenvalue weighted by Gasteiger charge is -2.08. The summed E-state index contributed by atoms with van der Waals surface area (Å²) in [7, 11) is 0. The first-order valence-corrected chi connectivity index (χ1v) is 7.23. The summed E-state index contributed by atoms with van der Waals surface area (Å²) in [6.07, 6.45) is 1.92. The van der Waals surface area contributed by atoms with E-state index in [9.17, 15) is 14.9 Å². The average molecular weight is 303 g/mol. The molecule has 108 valence electrons. The van der Waals surface area contributed by atoms with Crippen molar-refractivity contribution in [3.63, 3.8) is 0 Å². The standard InChI is InChI=1S/C14H13N3O3S/c1-21-10-5-2-4-9(8-10)16-14(18)11-6-3-7-12(15)13(11)17(19)20/h2-8H,15H2,1H3,(H,16,18). The Balaban J connectivity index is 2.32. The first-order valence-electron chi connectivity index (χ1n) is 6.01. The third kappa shape index (κ3) is 3.32. The Labute approximate surface area is 125 Å². The summed E-state index contributed by atoms with van der Waals surface area (Å²) in [6, 6.07) is 11.5. The van der Waals surface area contributed by atoms with Crippen molar-refractivity contribution in [2.75, 3.05) is 17.3 Å². The number of hydrogen-bond acceptors (Lipinski definition) is 5. The number of para-hydroxylation sites is 1. The van der Waals surface area contributed by atoms with Crippen molar-refractivity contribution in [1.29, 1.82) is 0 Å². The second-order valence-corrected chi connectivity index (χ2v) is 5.07. The minimum Gasteiger partial charge on any atom is -0.393 e.